The molecule has 146 valence electrons. The van der Waals surface area contributed by atoms with Crippen molar-refractivity contribution in [1.82, 2.24) is 0 Å². The Labute approximate surface area is 154 Å². The largest absolute Gasteiger partial charge is 0.394 e. The lowest BCUT2D eigenvalue weighted by Crippen LogP contribution is -2.43. The molecule has 0 saturated heterocycles. The van der Waals surface area contributed by atoms with Gasteiger partial charge in [-0.3, -0.25) is 0 Å². The van der Waals surface area contributed by atoms with Gasteiger partial charge in [-0.1, -0.05) is 99.3 Å². The van der Waals surface area contributed by atoms with Gasteiger partial charge in [-0.15, -0.1) is 0 Å². The minimum absolute atomic E-state index is 0.225. The van der Waals surface area contributed by atoms with E-state index in [4.69, 9.17) is 8.85 Å². The van der Waals surface area contributed by atoms with Crippen LogP contribution < -0.4 is 0 Å². The first-order valence-corrected chi connectivity index (χ1v) is 12.9. The molecule has 0 spiro atoms. The average molecular weight is 359 g/mol. The van der Waals surface area contributed by atoms with Crippen LogP contribution in [0, 0.1) is 5.41 Å². The minimum atomic E-state index is -1.95. The molecular weight excluding hydrogens is 312 g/mol. The Morgan fingerprint density at radius 1 is 0.625 bits per heavy atom. The van der Waals surface area contributed by atoms with Crippen molar-refractivity contribution in [3.63, 3.8) is 0 Å². The van der Waals surface area contributed by atoms with E-state index < -0.39 is 8.56 Å². The summed E-state index contributed by atoms with van der Waals surface area (Å²) in [6.45, 7) is 15.2. The summed E-state index contributed by atoms with van der Waals surface area (Å²) in [6.07, 6.45) is 13.7. The predicted octanol–water partition coefficient (Wildman–Crippen LogP) is 7.47. The Kier molecular flexibility index (Phi) is 14.4. The maximum Gasteiger partial charge on any atom is 0.337 e. The molecule has 0 aliphatic heterocycles. The van der Waals surface area contributed by atoms with Crippen molar-refractivity contribution in [2.45, 2.75) is 118 Å². The molecule has 0 aromatic carbocycles. The molecule has 24 heavy (non-hydrogen) atoms. The van der Waals surface area contributed by atoms with E-state index in [1.807, 2.05) is 0 Å². The summed E-state index contributed by atoms with van der Waals surface area (Å²) in [5.74, 6) is 0. The molecule has 0 heterocycles. The van der Waals surface area contributed by atoms with Gasteiger partial charge < -0.3 is 8.85 Å². The van der Waals surface area contributed by atoms with Crippen molar-refractivity contribution >= 4 is 8.56 Å². The van der Waals surface area contributed by atoms with Gasteiger partial charge in [-0.05, 0) is 23.9 Å². The highest BCUT2D eigenvalue weighted by Gasteiger charge is 2.34. The fourth-order valence-corrected chi connectivity index (χ4v) is 5.51. The van der Waals surface area contributed by atoms with Crippen LogP contribution in [0.3, 0.4) is 0 Å². The second kappa shape index (κ2) is 14.3. The van der Waals surface area contributed by atoms with Crippen LogP contribution in [0.4, 0.5) is 0 Å². The Bertz CT molecular complexity index is 270. The van der Waals surface area contributed by atoms with Crippen molar-refractivity contribution in [2.75, 3.05) is 13.2 Å². The minimum Gasteiger partial charge on any atom is -0.394 e. The van der Waals surface area contributed by atoms with E-state index in [1.54, 1.807) is 0 Å². The Morgan fingerprint density at radius 3 is 1.50 bits per heavy atom. The SMILES string of the molecule is CCCCCCCCCCCCO[Si](CC)(CC)OCC(C)(C)C. The molecule has 0 bridgehead atoms. The summed E-state index contributed by atoms with van der Waals surface area (Å²) >= 11 is 0. The van der Waals surface area contributed by atoms with Gasteiger partial charge in [0.1, 0.15) is 0 Å². The van der Waals surface area contributed by atoms with Crippen molar-refractivity contribution in [1.29, 1.82) is 0 Å². The summed E-state index contributed by atoms with van der Waals surface area (Å²) in [7, 11) is -1.95. The molecule has 0 atom stereocenters. The van der Waals surface area contributed by atoms with Crippen LogP contribution in [0.25, 0.3) is 0 Å². The van der Waals surface area contributed by atoms with E-state index in [2.05, 4.69) is 41.5 Å². The van der Waals surface area contributed by atoms with Gasteiger partial charge in [0, 0.05) is 13.2 Å². The van der Waals surface area contributed by atoms with E-state index in [-0.39, 0.29) is 5.41 Å². The molecule has 0 aromatic rings. The van der Waals surface area contributed by atoms with E-state index in [0.717, 1.165) is 25.3 Å². The molecule has 0 N–H and O–H groups in total. The quantitative estimate of drug-likeness (QED) is 0.210. The zero-order valence-corrected chi connectivity index (χ0v) is 18.7. The van der Waals surface area contributed by atoms with Crippen molar-refractivity contribution in [3.05, 3.63) is 0 Å². The number of hydrogen-bond acceptors (Lipinski definition) is 2. The Balaban J connectivity index is 3.70. The summed E-state index contributed by atoms with van der Waals surface area (Å²) in [4.78, 5) is 0. The van der Waals surface area contributed by atoms with E-state index >= 15 is 0 Å². The topological polar surface area (TPSA) is 18.5 Å². The maximum absolute atomic E-state index is 6.31. The van der Waals surface area contributed by atoms with Gasteiger partial charge in [0.15, 0.2) is 0 Å². The van der Waals surface area contributed by atoms with Crippen LogP contribution in [0.2, 0.25) is 12.1 Å². The van der Waals surface area contributed by atoms with Crippen LogP contribution in [-0.2, 0) is 8.85 Å². The molecule has 0 radical (unpaired) electrons. The number of rotatable bonds is 16. The second-order valence-corrected chi connectivity index (χ2v) is 12.3. The zero-order valence-electron chi connectivity index (χ0n) is 17.7. The molecule has 0 aliphatic rings. The van der Waals surface area contributed by atoms with Crippen molar-refractivity contribution in [3.8, 4) is 0 Å². The normalized spacial score (nSPS) is 12.8. The van der Waals surface area contributed by atoms with Crippen molar-refractivity contribution < 1.29 is 8.85 Å². The summed E-state index contributed by atoms with van der Waals surface area (Å²) in [5.41, 5.74) is 0.225. The van der Waals surface area contributed by atoms with Crippen LogP contribution in [0.5, 0.6) is 0 Å². The second-order valence-electron chi connectivity index (χ2n) is 8.50. The highest BCUT2D eigenvalue weighted by atomic mass is 28.4. The molecule has 0 aliphatic carbocycles. The van der Waals surface area contributed by atoms with E-state index in [1.165, 1.54) is 64.2 Å². The van der Waals surface area contributed by atoms with Gasteiger partial charge in [0.25, 0.3) is 0 Å². The monoisotopic (exact) mass is 358 g/mol. The first-order valence-electron chi connectivity index (χ1n) is 10.7. The highest BCUT2D eigenvalue weighted by Crippen LogP contribution is 2.24. The molecule has 0 fully saturated rings. The fourth-order valence-electron chi connectivity index (χ4n) is 2.90. The van der Waals surface area contributed by atoms with E-state index in [0.29, 0.717) is 0 Å². The van der Waals surface area contributed by atoms with Gasteiger partial charge in [-0.25, -0.2) is 0 Å². The van der Waals surface area contributed by atoms with Gasteiger partial charge in [0.2, 0.25) is 0 Å². The molecule has 0 amide bonds. The third-order valence-electron chi connectivity index (χ3n) is 4.71. The molecular formula is C21H46O2Si. The molecule has 3 heteroatoms. The number of unbranched alkanes of at least 4 members (excludes halogenated alkanes) is 9. The van der Waals surface area contributed by atoms with Gasteiger partial charge in [0.05, 0.1) is 0 Å². The van der Waals surface area contributed by atoms with Crippen LogP contribution in [0.1, 0.15) is 106 Å². The predicted molar refractivity (Wildman–Crippen MR) is 110 cm³/mol. The molecule has 0 rings (SSSR count). The smallest absolute Gasteiger partial charge is 0.337 e. The first kappa shape index (κ1) is 24.1. The summed E-state index contributed by atoms with van der Waals surface area (Å²) < 4.78 is 12.6. The average Bonchev–Trinajstić information content (AvgIpc) is 2.55. The fraction of sp³-hybridized carbons (Fsp3) is 1.00. The molecule has 0 unspecified atom stereocenters. The number of hydrogen-bond donors (Lipinski definition) is 0. The highest BCUT2D eigenvalue weighted by molar-refractivity contribution is 6.67. The lowest BCUT2D eigenvalue weighted by molar-refractivity contribution is 0.119. The first-order chi connectivity index (χ1) is 11.4. The lowest BCUT2D eigenvalue weighted by Gasteiger charge is -2.32. The molecule has 2 nitrogen and oxygen atoms in total. The third-order valence-corrected chi connectivity index (χ3v) is 8.26. The van der Waals surface area contributed by atoms with Gasteiger partial charge in [-0.2, -0.15) is 0 Å². The Morgan fingerprint density at radius 2 is 1.08 bits per heavy atom. The summed E-state index contributed by atoms with van der Waals surface area (Å²) in [6, 6.07) is 2.13. The van der Waals surface area contributed by atoms with Gasteiger partial charge >= 0.3 is 8.56 Å². The molecule has 0 saturated carbocycles. The summed E-state index contributed by atoms with van der Waals surface area (Å²) in [5, 5.41) is 0. The maximum atomic E-state index is 6.31. The van der Waals surface area contributed by atoms with E-state index in [9.17, 15) is 0 Å². The van der Waals surface area contributed by atoms with Crippen LogP contribution in [-0.4, -0.2) is 21.8 Å². The lowest BCUT2D eigenvalue weighted by atomic mass is 9.99. The molecule has 0 aromatic heterocycles. The standard InChI is InChI=1S/C21H46O2Si/c1-7-10-11-12-13-14-15-16-17-18-19-22-24(8-2,9-3)23-20-21(4,5)6/h7-20H2,1-6H3. The van der Waals surface area contributed by atoms with Crippen molar-refractivity contribution in [2.24, 2.45) is 5.41 Å². The van der Waals surface area contributed by atoms with Crippen LogP contribution >= 0.6 is 0 Å². The third kappa shape index (κ3) is 13.4. The van der Waals surface area contributed by atoms with Crippen LogP contribution in [0.15, 0.2) is 0 Å². The Hall–Kier alpha value is 0.137. The zero-order chi connectivity index (χ0) is 18.3.